The number of benzene rings is 8. The highest BCUT2D eigenvalue weighted by molar-refractivity contribution is 9.09. The van der Waals surface area contributed by atoms with Gasteiger partial charge in [0, 0.05) is 95.0 Å². The maximum absolute atomic E-state index is 13.3. The number of aryl methyl sites for hydroxylation is 1. The molecule has 0 bridgehead atoms. The number of nitrogens with two attached hydrogens (primary N) is 1. The Kier molecular flexibility index (Phi) is 24.5. The van der Waals surface area contributed by atoms with Gasteiger partial charge < -0.3 is 38.9 Å². The first-order valence-corrected chi connectivity index (χ1v) is 40.6. The number of halogens is 1. The number of ketones is 1. The zero-order chi connectivity index (χ0) is 72.1. The number of nitrogens with one attached hydrogen (secondary N) is 3. The van der Waals surface area contributed by atoms with E-state index in [1.807, 2.05) is 153 Å². The lowest BCUT2D eigenvalue weighted by atomic mass is 9.93. The summed E-state index contributed by atoms with van der Waals surface area (Å²) in [5.74, 6) is -2.97. The first kappa shape index (κ1) is 74.8. The number of para-hydroxylation sites is 4. The number of hydrogen-bond donors (Lipinski definition) is 5. The first-order valence-electron chi connectivity index (χ1n) is 33.7. The van der Waals surface area contributed by atoms with Crippen molar-refractivity contribution in [3.8, 4) is 11.4 Å². The average molecular weight is 1440 g/mol. The number of aliphatic hydroxyl groups is 1. The van der Waals surface area contributed by atoms with E-state index in [1.165, 1.54) is 7.11 Å². The summed E-state index contributed by atoms with van der Waals surface area (Å²) in [6.07, 6.45) is 6.31. The van der Waals surface area contributed by atoms with Gasteiger partial charge in [0.05, 0.1) is 58.2 Å². The first-order chi connectivity index (χ1) is 47.7. The van der Waals surface area contributed by atoms with Crippen LogP contribution in [0.3, 0.4) is 0 Å². The average Bonchev–Trinajstić information content (AvgIpc) is 1.59. The van der Waals surface area contributed by atoms with Crippen LogP contribution in [0.1, 0.15) is 88.0 Å². The number of nitrogens with zero attached hydrogens (tertiary/aromatic N) is 4. The number of anilines is 1. The maximum atomic E-state index is 13.3. The van der Waals surface area contributed by atoms with Gasteiger partial charge in [0.2, 0.25) is 5.91 Å². The number of ether oxygens (including phenoxy) is 1. The molecule has 0 fully saturated rings. The molecule has 1 aliphatic heterocycles. The Balaban J connectivity index is 0.000000167. The molecule has 3 amide bonds. The molecule has 20 heteroatoms. The number of amides is 3. The molecule has 17 nitrogen and oxygen atoms in total. The minimum atomic E-state index is -1.70. The van der Waals surface area contributed by atoms with Crippen LogP contribution in [0.25, 0.3) is 71.2 Å². The minimum Gasteiger partial charge on any atom is -0.463 e. The monoisotopic (exact) mass is 1440 g/mol. The molecule has 0 saturated heterocycles. The number of aromatic nitrogens is 4. The molecule has 3 aromatic heterocycles. The molecule has 520 valence electrons. The Morgan fingerprint density at radius 3 is 1.67 bits per heavy atom. The number of primary amides is 1. The van der Waals surface area contributed by atoms with E-state index in [4.69, 9.17) is 25.1 Å². The molecule has 0 spiro atoms. The molecule has 0 radical (unpaired) electrons. The predicted octanol–water partition coefficient (Wildman–Crippen LogP) is 16.5. The SMILES string of the molecule is CC(C)(C)[Si](C)(C)OCCCBr.CC(C)(C)[Si](C)(C)OCCCn1nc(CC(N)=O)c2ccccc21.COC(=O)C(=O)c1cn(-c2ccc3ccccc3c2)c2ccccc12.N=C(C1=C(c2cn(-c3ccc4ccccc4c3)c3ccccc23)C(=O)NC1=O)c1ccccc1NCCCO. The molecule has 0 unspecified atom stereocenters. The number of carbonyl (C=O) groups excluding carboxylic acids is 5. The molecular weight excluding hydrogens is 1350 g/mol. The lowest BCUT2D eigenvalue weighted by Crippen LogP contribution is -2.41. The van der Waals surface area contributed by atoms with Crippen LogP contribution in [0, 0.1) is 5.41 Å². The van der Waals surface area contributed by atoms with Crippen molar-refractivity contribution in [3.63, 3.8) is 0 Å². The standard InChI is InChI=1S/C32H26N4O3.C21H15NO3.C18H29N3O2Si.C9H21BrOSi/c33-30(24-11-3-5-12-26(24)34-16-7-17-37)29-28(31(38)35-32(29)39)25-19-36(27-13-6-4-10-23(25)27)22-15-14-20-8-1-2-9-21(20)18-22;1-25-21(24)20(23)18-13-22(19-9-5-4-8-17(18)19)16-11-10-14-6-2-3-7-15(14)12-16;1-18(2,3)24(4,5)23-12-8-11-21-16-10-7-6-9-14(16)15(20-21)13-17(19)22;1-9(2,3)12(4,5)11-8-6-7-10/h1-6,8-15,18-19,33-34,37H,7,16-17H2,(H,35,38,39);2-13H,1H3;6-7,9-10H,8,11-13H2,1-5H3,(H2,19,22);6-8H2,1-5H3. The summed E-state index contributed by atoms with van der Waals surface area (Å²) in [6, 6.07) is 59.0. The van der Waals surface area contributed by atoms with Crippen LogP contribution < -0.4 is 16.4 Å². The van der Waals surface area contributed by atoms with Crippen LogP contribution in [-0.2, 0) is 45.7 Å². The second-order valence-electron chi connectivity index (χ2n) is 27.6. The van der Waals surface area contributed by atoms with E-state index >= 15 is 0 Å². The van der Waals surface area contributed by atoms with Crippen LogP contribution >= 0.6 is 15.9 Å². The molecule has 11 aromatic rings. The second-order valence-corrected chi connectivity index (χ2v) is 38.1. The van der Waals surface area contributed by atoms with Gasteiger partial charge in [-0.1, -0.05) is 191 Å². The van der Waals surface area contributed by atoms with Crippen molar-refractivity contribution in [1.82, 2.24) is 24.2 Å². The molecule has 0 aliphatic carbocycles. The van der Waals surface area contributed by atoms with Gasteiger partial charge in [-0.15, -0.1) is 0 Å². The molecule has 12 rings (SSSR count). The summed E-state index contributed by atoms with van der Waals surface area (Å²) in [5, 5.41) is 37.1. The number of fused-ring (bicyclic) bond motifs is 5. The summed E-state index contributed by atoms with van der Waals surface area (Å²) < 4.78 is 22.7. The van der Waals surface area contributed by atoms with E-state index in [0.717, 1.165) is 109 Å². The van der Waals surface area contributed by atoms with Gasteiger partial charge >= 0.3 is 5.97 Å². The number of Topliss-reactive ketones (excluding diaryl/α,β-unsaturated/α-hetero) is 1. The van der Waals surface area contributed by atoms with Crippen molar-refractivity contribution >= 4 is 133 Å². The molecule has 0 atom stereocenters. The molecule has 8 aromatic carbocycles. The topological polar surface area (TPSA) is 235 Å². The lowest BCUT2D eigenvalue weighted by molar-refractivity contribution is -0.135. The van der Waals surface area contributed by atoms with E-state index in [-0.39, 0.29) is 40.8 Å². The van der Waals surface area contributed by atoms with Crippen LogP contribution in [0.4, 0.5) is 5.69 Å². The van der Waals surface area contributed by atoms with Gasteiger partial charge in [-0.05, 0) is 126 Å². The molecular formula is C80H91BrN8O9Si2. The third-order valence-electron chi connectivity index (χ3n) is 18.8. The summed E-state index contributed by atoms with van der Waals surface area (Å²) in [7, 11) is -1.96. The molecule has 4 heterocycles. The number of rotatable bonds is 22. The largest absolute Gasteiger partial charge is 0.463 e. The maximum Gasteiger partial charge on any atom is 0.379 e. The smallest absolute Gasteiger partial charge is 0.379 e. The van der Waals surface area contributed by atoms with E-state index < -0.39 is 40.2 Å². The number of carbonyl (C=O) groups is 5. The fourth-order valence-electron chi connectivity index (χ4n) is 11.3. The number of alkyl halides is 1. The summed E-state index contributed by atoms with van der Waals surface area (Å²) >= 11 is 3.40. The number of aliphatic hydroxyl groups excluding tert-OH is 1. The molecule has 6 N–H and O–H groups in total. The van der Waals surface area contributed by atoms with Crippen LogP contribution in [0.15, 0.2) is 200 Å². The van der Waals surface area contributed by atoms with Crippen molar-refractivity contribution < 1.29 is 42.7 Å². The second kappa shape index (κ2) is 32.7. The van der Waals surface area contributed by atoms with Gasteiger partial charge in [0.25, 0.3) is 17.6 Å². The highest BCUT2D eigenvalue weighted by Crippen LogP contribution is 2.39. The number of imide groups is 1. The third-order valence-corrected chi connectivity index (χ3v) is 28.4. The lowest BCUT2D eigenvalue weighted by Gasteiger charge is -2.36. The van der Waals surface area contributed by atoms with Crippen molar-refractivity contribution in [2.24, 2.45) is 5.73 Å². The third kappa shape index (κ3) is 17.4. The van der Waals surface area contributed by atoms with Gasteiger partial charge in [-0.3, -0.25) is 34.6 Å². The van der Waals surface area contributed by atoms with Crippen molar-refractivity contribution in [3.05, 3.63) is 222 Å². The summed E-state index contributed by atoms with van der Waals surface area (Å²) in [6.45, 7) is 25.6. The fraction of sp³-hybridized carbons (Fsp3) is 0.287. The van der Waals surface area contributed by atoms with Crippen LogP contribution in [-0.4, -0.2) is 115 Å². The Labute approximate surface area is 595 Å². The van der Waals surface area contributed by atoms with Gasteiger partial charge in [0.1, 0.15) is 0 Å². The predicted molar refractivity (Wildman–Crippen MR) is 413 cm³/mol. The summed E-state index contributed by atoms with van der Waals surface area (Å²) in [5.41, 5.74) is 13.0. The molecule has 0 saturated carbocycles. The van der Waals surface area contributed by atoms with E-state index in [9.17, 15) is 24.0 Å². The zero-order valence-electron chi connectivity index (χ0n) is 59.0. The Morgan fingerprint density at radius 1 is 0.610 bits per heavy atom. The van der Waals surface area contributed by atoms with Crippen LogP contribution in [0.2, 0.25) is 36.3 Å². The normalized spacial score (nSPS) is 12.6. The fourth-order valence-corrected chi connectivity index (χ4v) is 13.7. The Bertz CT molecular complexity index is 4840. The Morgan fingerprint density at radius 2 is 1.11 bits per heavy atom. The number of hydrogen-bond acceptors (Lipinski definition) is 12. The van der Waals surface area contributed by atoms with Crippen LogP contribution in [0.5, 0.6) is 0 Å². The number of methoxy groups -OCH3 is 1. The Hall–Kier alpha value is -9.42. The van der Waals surface area contributed by atoms with Gasteiger partial charge in [-0.25, -0.2) is 4.79 Å². The quantitative estimate of drug-likeness (QED) is 0.00625. The zero-order valence-corrected chi connectivity index (χ0v) is 62.6. The minimum absolute atomic E-state index is 0.0389. The van der Waals surface area contributed by atoms with Gasteiger partial charge in [-0.2, -0.15) is 5.10 Å². The highest BCUT2D eigenvalue weighted by atomic mass is 79.9. The van der Waals surface area contributed by atoms with Crippen molar-refractivity contribution in [2.45, 2.75) is 110 Å². The van der Waals surface area contributed by atoms with E-state index in [0.29, 0.717) is 40.4 Å². The van der Waals surface area contributed by atoms with Gasteiger partial charge in [0.15, 0.2) is 16.6 Å². The highest BCUT2D eigenvalue weighted by Gasteiger charge is 2.39. The molecule has 1 aliphatic rings. The van der Waals surface area contributed by atoms with E-state index in [2.05, 4.69) is 141 Å². The number of esters is 1. The summed E-state index contributed by atoms with van der Waals surface area (Å²) in [4.78, 5) is 61.7. The van der Waals surface area contributed by atoms with Crippen molar-refractivity contribution in [1.29, 1.82) is 5.41 Å². The van der Waals surface area contributed by atoms with E-state index in [1.54, 1.807) is 18.3 Å². The molecule has 100 heavy (non-hydrogen) atoms. The van der Waals surface area contributed by atoms with Crippen molar-refractivity contribution in [2.75, 3.05) is 44.1 Å².